The van der Waals surface area contributed by atoms with E-state index in [2.05, 4.69) is 25.3 Å². The van der Waals surface area contributed by atoms with E-state index >= 15 is 0 Å². The lowest BCUT2D eigenvalue weighted by Gasteiger charge is -2.09. The van der Waals surface area contributed by atoms with E-state index < -0.39 is 5.97 Å². The zero-order valence-corrected chi connectivity index (χ0v) is 18.2. The molecule has 2 aromatic carbocycles. The summed E-state index contributed by atoms with van der Waals surface area (Å²) in [5, 5.41) is 5.45. The van der Waals surface area contributed by atoms with Crippen LogP contribution in [0.4, 0.5) is 17.6 Å². The molecule has 0 unspecified atom stereocenters. The molecular weight excluding hydrogens is 428 g/mol. The van der Waals surface area contributed by atoms with Crippen LogP contribution in [0.25, 0.3) is 10.6 Å². The second kappa shape index (κ2) is 9.40. The van der Waals surface area contributed by atoms with Crippen LogP contribution < -0.4 is 15.8 Å². The minimum absolute atomic E-state index is 0.0255. The van der Waals surface area contributed by atoms with Crippen LogP contribution in [0.3, 0.4) is 0 Å². The van der Waals surface area contributed by atoms with Gasteiger partial charge >= 0.3 is 5.97 Å². The van der Waals surface area contributed by atoms with Gasteiger partial charge in [-0.1, -0.05) is 18.2 Å². The lowest BCUT2D eigenvalue weighted by molar-refractivity contribution is 0.0456. The predicted octanol–water partition coefficient (Wildman–Crippen LogP) is 3.99. The van der Waals surface area contributed by atoms with Crippen molar-refractivity contribution in [2.45, 2.75) is 13.5 Å². The first-order valence-electron chi connectivity index (χ1n) is 9.62. The van der Waals surface area contributed by atoms with Crippen LogP contribution in [0, 0.1) is 6.92 Å². The van der Waals surface area contributed by atoms with Gasteiger partial charge in [-0.15, -0.1) is 11.3 Å². The van der Waals surface area contributed by atoms with Crippen molar-refractivity contribution in [2.24, 2.45) is 0 Å². The average molecular weight is 449 g/mol. The van der Waals surface area contributed by atoms with Gasteiger partial charge in [0.05, 0.1) is 7.11 Å². The van der Waals surface area contributed by atoms with E-state index in [-0.39, 0.29) is 30.0 Å². The Morgan fingerprint density at radius 3 is 2.59 bits per heavy atom. The SMILES string of the molecule is COc1ccc(-c2nc(C(=O)OCc3nc(N)nc(Nc4ccccc4C)n3)cs2)cc1. The molecule has 162 valence electrons. The summed E-state index contributed by atoms with van der Waals surface area (Å²) in [6, 6.07) is 15.1. The Hall–Kier alpha value is -4.05. The van der Waals surface area contributed by atoms with E-state index in [1.165, 1.54) is 11.3 Å². The molecule has 0 aliphatic heterocycles. The number of anilines is 3. The van der Waals surface area contributed by atoms with Gasteiger partial charge in [-0.3, -0.25) is 0 Å². The zero-order chi connectivity index (χ0) is 22.5. The molecule has 0 bridgehead atoms. The number of methoxy groups -OCH3 is 1. The third-order valence-corrected chi connectivity index (χ3v) is 5.36. The second-order valence-corrected chi connectivity index (χ2v) is 7.57. The first-order valence-corrected chi connectivity index (χ1v) is 10.5. The number of para-hydroxylation sites is 1. The minimum Gasteiger partial charge on any atom is -0.497 e. The van der Waals surface area contributed by atoms with Crippen LogP contribution in [-0.4, -0.2) is 33.0 Å². The van der Waals surface area contributed by atoms with Crippen LogP contribution in [-0.2, 0) is 11.3 Å². The molecule has 4 aromatic rings. The molecule has 0 atom stereocenters. The smallest absolute Gasteiger partial charge is 0.358 e. The zero-order valence-electron chi connectivity index (χ0n) is 17.4. The number of esters is 1. The number of aromatic nitrogens is 4. The molecule has 32 heavy (non-hydrogen) atoms. The number of carbonyl (C=O) groups is 1. The molecule has 0 radical (unpaired) electrons. The van der Waals surface area contributed by atoms with Crippen LogP contribution in [0.5, 0.6) is 5.75 Å². The summed E-state index contributed by atoms with van der Waals surface area (Å²) in [5.74, 6) is 0.699. The summed E-state index contributed by atoms with van der Waals surface area (Å²) in [4.78, 5) is 29.2. The van der Waals surface area contributed by atoms with Crippen molar-refractivity contribution in [2.75, 3.05) is 18.2 Å². The standard InChI is InChI=1S/C22H20N6O3S/c1-13-5-3-4-6-16(13)25-22-27-18(26-21(23)28-22)11-31-20(29)17-12-32-19(24-17)14-7-9-15(30-2)10-8-14/h3-10,12H,11H2,1-2H3,(H3,23,25,26,27,28). The van der Waals surface area contributed by atoms with E-state index in [9.17, 15) is 4.79 Å². The van der Waals surface area contributed by atoms with Crippen molar-refractivity contribution < 1.29 is 14.3 Å². The summed E-state index contributed by atoms with van der Waals surface area (Å²) < 4.78 is 10.5. The van der Waals surface area contributed by atoms with Gasteiger partial charge in [0, 0.05) is 16.6 Å². The number of aryl methyl sites for hydroxylation is 1. The van der Waals surface area contributed by atoms with Crippen LogP contribution in [0.2, 0.25) is 0 Å². The molecule has 0 saturated heterocycles. The van der Waals surface area contributed by atoms with Gasteiger partial charge in [0.1, 0.15) is 10.8 Å². The maximum Gasteiger partial charge on any atom is 0.358 e. The van der Waals surface area contributed by atoms with Crippen molar-refractivity contribution >= 4 is 34.9 Å². The molecule has 3 N–H and O–H groups in total. The van der Waals surface area contributed by atoms with Gasteiger partial charge in [-0.2, -0.15) is 15.0 Å². The number of hydrogen-bond acceptors (Lipinski definition) is 10. The molecule has 4 rings (SSSR count). The number of nitrogens with one attached hydrogen (secondary N) is 1. The fraction of sp³-hybridized carbons (Fsp3) is 0.136. The Kier molecular flexibility index (Phi) is 6.22. The Morgan fingerprint density at radius 2 is 1.84 bits per heavy atom. The predicted molar refractivity (Wildman–Crippen MR) is 122 cm³/mol. The normalized spacial score (nSPS) is 10.6. The lowest BCUT2D eigenvalue weighted by atomic mass is 10.2. The lowest BCUT2D eigenvalue weighted by Crippen LogP contribution is -2.11. The highest BCUT2D eigenvalue weighted by atomic mass is 32.1. The Bertz CT molecular complexity index is 1240. The third-order valence-electron chi connectivity index (χ3n) is 4.47. The van der Waals surface area contributed by atoms with Gasteiger partial charge in [-0.05, 0) is 42.8 Å². The first kappa shape index (κ1) is 21.2. The van der Waals surface area contributed by atoms with Crippen molar-refractivity contribution in [1.82, 2.24) is 19.9 Å². The van der Waals surface area contributed by atoms with Gasteiger partial charge < -0.3 is 20.5 Å². The quantitative estimate of drug-likeness (QED) is 0.404. The highest BCUT2D eigenvalue weighted by Gasteiger charge is 2.15. The molecule has 0 aliphatic carbocycles. The highest BCUT2D eigenvalue weighted by Crippen LogP contribution is 2.26. The number of nitrogens with zero attached hydrogens (tertiary/aromatic N) is 4. The van der Waals surface area contributed by atoms with Crippen molar-refractivity contribution in [3.63, 3.8) is 0 Å². The topological polar surface area (TPSA) is 125 Å². The van der Waals surface area contributed by atoms with Crippen LogP contribution >= 0.6 is 11.3 Å². The summed E-state index contributed by atoms with van der Waals surface area (Å²) in [5.41, 5.74) is 8.75. The van der Waals surface area contributed by atoms with E-state index in [1.54, 1.807) is 12.5 Å². The molecule has 0 amide bonds. The number of carbonyl (C=O) groups excluding carboxylic acids is 1. The monoisotopic (exact) mass is 448 g/mol. The molecule has 2 aromatic heterocycles. The number of hydrogen-bond donors (Lipinski definition) is 2. The van der Waals surface area contributed by atoms with E-state index in [1.807, 2.05) is 55.5 Å². The fourth-order valence-electron chi connectivity index (χ4n) is 2.83. The fourth-order valence-corrected chi connectivity index (χ4v) is 3.63. The summed E-state index contributed by atoms with van der Waals surface area (Å²) in [6.45, 7) is 1.80. The second-order valence-electron chi connectivity index (χ2n) is 6.72. The maximum atomic E-state index is 12.5. The van der Waals surface area contributed by atoms with Crippen molar-refractivity contribution in [3.05, 3.63) is 71.0 Å². The molecule has 0 saturated carbocycles. The Labute approximate surface area is 188 Å². The molecule has 0 spiro atoms. The Morgan fingerprint density at radius 1 is 1.06 bits per heavy atom. The number of thiazole rings is 1. The van der Waals surface area contributed by atoms with Gasteiger partial charge in [0.2, 0.25) is 11.9 Å². The first-order chi connectivity index (χ1) is 15.5. The molecule has 9 nitrogen and oxygen atoms in total. The van der Waals surface area contributed by atoms with Crippen LogP contribution in [0.15, 0.2) is 53.9 Å². The number of benzene rings is 2. The summed E-state index contributed by atoms with van der Waals surface area (Å²) >= 11 is 1.35. The third kappa shape index (κ3) is 4.98. The van der Waals surface area contributed by atoms with Crippen LogP contribution in [0.1, 0.15) is 21.9 Å². The largest absolute Gasteiger partial charge is 0.497 e. The number of rotatable bonds is 7. The van der Waals surface area contributed by atoms with E-state index in [0.717, 1.165) is 22.6 Å². The molecule has 0 aliphatic rings. The summed E-state index contributed by atoms with van der Waals surface area (Å²) in [6.07, 6.45) is 0. The average Bonchev–Trinajstić information content (AvgIpc) is 3.29. The number of ether oxygens (including phenoxy) is 2. The van der Waals surface area contributed by atoms with Gasteiger partial charge in [0.25, 0.3) is 0 Å². The maximum absolute atomic E-state index is 12.5. The van der Waals surface area contributed by atoms with E-state index in [4.69, 9.17) is 15.2 Å². The Balaban J connectivity index is 1.42. The van der Waals surface area contributed by atoms with Crippen molar-refractivity contribution in [1.29, 1.82) is 0 Å². The number of nitrogens with two attached hydrogens (primary N) is 1. The number of nitrogen functional groups attached to an aromatic ring is 1. The molecule has 10 heteroatoms. The highest BCUT2D eigenvalue weighted by molar-refractivity contribution is 7.13. The summed E-state index contributed by atoms with van der Waals surface area (Å²) in [7, 11) is 1.61. The van der Waals surface area contributed by atoms with Gasteiger partial charge in [0.15, 0.2) is 18.1 Å². The molecule has 0 fully saturated rings. The van der Waals surface area contributed by atoms with E-state index in [0.29, 0.717) is 5.01 Å². The molecule has 2 heterocycles. The van der Waals surface area contributed by atoms with Crippen molar-refractivity contribution in [3.8, 4) is 16.3 Å². The molecular formula is C22H20N6O3S. The minimum atomic E-state index is -0.576. The van der Waals surface area contributed by atoms with Gasteiger partial charge in [-0.25, -0.2) is 9.78 Å².